The zero-order chi connectivity index (χ0) is 28.6. The summed E-state index contributed by atoms with van der Waals surface area (Å²) in [5.74, 6) is -1.02. The van der Waals surface area contributed by atoms with Crippen LogP contribution in [0, 0.1) is 0 Å². The molecule has 0 fully saturated rings. The molecule has 1 unspecified atom stereocenters. The van der Waals surface area contributed by atoms with Gasteiger partial charge in [-0.05, 0) is 37.1 Å². The molecule has 0 aliphatic carbocycles. The van der Waals surface area contributed by atoms with Gasteiger partial charge in [-0.1, -0.05) is 61.2 Å². The number of hydrogen-bond donors (Lipinski definition) is 0. The Morgan fingerprint density at radius 2 is 1.85 bits per heavy atom. The number of hydrogen-bond acceptors (Lipinski definition) is 8. The van der Waals surface area contributed by atoms with Crippen LogP contribution in [0.15, 0.2) is 82.2 Å². The molecule has 0 N–H and O–H groups in total. The first-order valence-electron chi connectivity index (χ1n) is 12.8. The molecule has 1 aromatic heterocycles. The monoisotopic (exact) mass is 557 g/mol. The lowest BCUT2D eigenvalue weighted by molar-refractivity contribution is -0.138. The minimum Gasteiger partial charge on any atom is -0.458 e. The smallest absolute Gasteiger partial charge is 0.338 e. The Hall–Kier alpha value is -4.57. The maximum Gasteiger partial charge on any atom is 0.338 e. The molecule has 2 aliphatic rings. The molecule has 5 rings (SSSR count). The van der Waals surface area contributed by atoms with Crippen molar-refractivity contribution in [2.45, 2.75) is 33.2 Å². The number of allylic oxidation sites excluding steroid dienone is 1. The van der Waals surface area contributed by atoms with Gasteiger partial charge in [-0.3, -0.25) is 19.0 Å². The Morgan fingerprint density at radius 1 is 1.12 bits per heavy atom. The van der Waals surface area contributed by atoms with Gasteiger partial charge < -0.3 is 14.4 Å². The Kier molecular flexibility index (Phi) is 7.36. The number of aromatic nitrogens is 1. The number of benzene rings is 2. The molecule has 3 heterocycles. The Morgan fingerprint density at radius 3 is 2.52 bits per heavy atom. The van der Waals surface area contributed by atoms with Gasteiger partial charge in [-0.25, -0.2) is 9.79 Å². The highest BCUT2D eigenvalue weighted by atomic mass is 32.1. The molecule has 10 heteroatoms. The molecule has 0 spiro atoms. The maximum atomic E-state index is 14.2. The standard InChI is InChI=1S/C30H27N3O6S/c1-5-15-32-22-10-8-7-9-21(22)24(27(32)35)26-28(36)33-25(19-11-13-20(14-12-19)39-18(4)34)23(29(37)38-16-6-2)17(3)31-30(33)40-26/h6-14,25H,2,5,15-16H2,1,3-4H3/b26-24+. The van der Waals surface area contributed by atoms with Gasteiger partial charge in [-0.2, -0.15) is 0 Å². The SMILES string of the molecule is C=CCOC(=O)C1=C(C)N=c2s/c(=C3/C(=O)N(CCC)c4ccccc43)c(=O)n2C1c1ccc(OC(C)=O)cc1. The van der Waals surface area contributed by atoms with E-state index in [-0.39, 0.29) is 22.6 Å². The van der Waals surface area contributed by atoms with E-state index in [1.807, 2.05) is 31.2 Å². The van der Waals surface area contributed by atoms with Crippen LogP contribution in [0.1, 0.15) is 44.4 Å². The van der Waals surface area contributed by atoms with Crippen LogP contribution in [-0.2, 0) is 19.1 Å². The molecule has 0 radical (unpaired) electrons. The first-order chi connectivity index (χ1) is 19.3. The van der Waals surface area contributed by atoms with Crippen molar-refractivity contribution in [3.05, 3.63) is 103 Å². The van der Waals surface area contributed by atoms with Gasteiger partial charge in [-0.15, -0.1) is 0 Å². The molecule has 1 atom stereocenters. The normalized spacial score (nSPS) is 17.2. The fourth-order valence-electron chi connectivity index (χ4n) is 4.99. The van der Waals surface area contributed by atoms with E-state index in [2.05, 4.69) is 11.6 Å². The molecule has 3 aromatic rings. The first kappa shape index (κ1) is 27.0. The summed E-state index contributed by atoms with van der Waals surface area (Å²) in [6, 6.07) is 13.1. The Labute approximate surface area is 234 Å². The summed E-state index contributed by atoms with van der Waals surface area (Å²) in [6.45, 7) is 9.08. The zero-order valence-electron chi connectivity index (χ0n) is 22.3. The molecule has 9 nitrogen and oxygen atoms in total. The zero-order valence-corrected chi connectivity index (χ0v) is 23.1. The lowest BCUT2D eigenvalue weighted by Crippen LogP contribution is -2.41. The second kappa shape index (κ2) is 10.9. The molecule has 2 aliphatic heterocycles. The Bertz CT molecular complexity index is 1760. The molecule has 0 saturated heterocycles. The number of ether oxygens (including phenoxy) is 2. The van der Waals surface area contributed by atoms with Crippen LogP contribution in [0.3, 0.4) is 0 Å². The summed E-state index contributed by atoms with van der Waals surface area (Å²) in [7, 11) is 0. The van der Waals surface area contributed by atoms with Crippen LogP contribution in [-0.4, -0.2) is 35.6 Å². The average Bonchev–Trinajstić information content (AvgIpc) is 3.39. The van der Waals surface area contributed by atoms with Crippen molar-refractivity contribution in [1.82, 2.24) is 4.57 Å². The number of carbonyl (C=O) groups is 3. The van der Waals surface area contributed by atoms with Gasteiger partial charge in [0.05, 0.1) is 28.6 Å². The summed E-state index contributed by atoms with van der Waals surface area (Å²) in [5, 5.41) is 0. The molecule has 40 heavy (non-hydrogen) atoms. The van der Waals surface area contributed by atoms with Gasteiger partial charge in [0, 0.05) is 19.0 Å². The van der Waals surface area contributed by atoms with Crippen molar-refractivity contribution in [1.29, 1.82) is 0 Å². The minimum absolute atomic E-state index is 0.0131. The van der Waals surface area contributed by atoms with Crippen molar-refractivity contribution in [2.75, 3.05) is 18.1 Å². The number of rotatable bonds is 7. The van der Waals surface area contributed by atoms with E-state index in [1.165, 1.54) is 17.6 Å². The number of esters is 2. The van der Waals surface area contributed by atoms with Crippen LogP contribution < -0.4 is 24.5 Å². The van der Waals surface area contributed by atoms with E-state index in [4.69, 9.17) is 9.47 Å². The summed E-state index contributed by atoms with van der Waals surface area (Å²) in [6.07, 6.45) is 2.21. The molecule has 2 aromatic carbocycles. The first-order valence-corrected chi connectivity index (χ1v) is 13.6. The second-order valence-corrected chi connectivity index (χ2v) is 10.3. The number of thiazole rings is 1. The van der Waals surface area contributed by atoms with E-state index < -0.39 is 23.5 Å². The highest BCUT2D eigenvalue weighted by Gasteiger charge is 2.37. The molecular weight excluding hydrogens is 530 g/mol. The fourth-order valence-corrected chi connectivity index (χ4v) is 6.13. The van der Waals surface area contributed by atoms with Gasteiger partial charge in [0.15, 0.2) is 4.80 Å². The van der Waals surface area contributed by atoms with Crippen LogP contribution in [0.25, 0.3) is 5.57 Å². The number of anilines is 1. The molecule has 1 amide bonds. The van der Waals surface area contributed by atoms with Crippen molar-refractivity contribution >= 4 is 40.4 Å². The predicted molar refractivity (Wildman–Crippen MR) is 151 cm³/mol. The van der Waals surface area contributed by atoms with Gasteiger partial charge in [0.1, 0.15) is 16.9 Å². The van der Waals surface area contributed by atoms with E-state index in [9.17, 15) is 19.2 Å². The molecular formula is C30H27N3O6S. The second-order valence-electron chi connectivity index (χ2n) is 9.30. The van der Waals surface area contributed by atoms with E-state index in [1.54, 1.807) is 36.1 Å². The van der Waals surface area contributed by atoms with Crippen molar-refractivity contribution in [2.24, 2.45) is 4.99 Å². The average molecular weight is 558 g/mol. The predicted octanol–water partition coefficient (Wildman–Crippen LogP) is 3.02. The lowest BCUT2D eigenvalue weighted by atomic mass is 9.96. The summed E-state index contributed by atoms with van der Waals surface area (Å²) < 4.78 is 12.2. The van der Waals surface area contributed by atoms with Crippen LogP contribution >= 0.6 is 11.3 Å². The van der Waals surface area contributed by atoms with Gasteiger partial charge >= 0.3 is 11.9 Å². The van der Waals surface area contributed by atoms with Crippen molar-refractivity contribution < 1.29 is 23.9 Å². The van der Waals surface area contributed by atoms with Crippen LogP contribution in [0.2, 0.25) is 0 Å². The van der Waals surface area contributed by atoms with E-state index >= 15 is 0 Å². The van der Waals surface area contributed by atoms with E-state index in [0.29, 0.717) is 39.5 Å². The summed E-state index contributed by atoms with van der Waals surface area (Å²) >= 11 is 1.12. The third-order valence-electron chi connectivity index (χ3n) is 6.60. The summed E-state index contributed by atoms with van der Waals surface area (Å²) in [4.78, 5) is 59.1. The Balaban J connectivity index is 1.75. The van der Waals surface area contributed by atoms with Crippen molar-refractivity contribution in [3.63, 3.8) is 0 Å². The number of carbonyl (C=O) groups excluding carboxylic acids is 3. The van der Waals surface area contributed by atoms with E-state index in [0.717, 1.165) is 23.4 Å². The number of fused-ring (bicyclic) bond motifs is 2. The lowest BCUT2D eigenvalue weighted by Gasteiger charge is -2.24. The largest absolute Gasteiger partial charge is 0.458 e. The number of nitrogens with zero attached hydrogens (tertiary/aromatic N) is 3. The molecule has 0 bridgehead atoms. The van der Waals surface area contributed by atoms with Gasteiger partial charge in [0.2, 0.25) is 0 Å². The highest BCUT2D eigenvalue weighted by Crippen LogP contribution is 2.36. The fraction of sp³-hybridized carbons (Fsp3) is 0.233. The number of amides is 1. The minimum atomic E-state index is -0.882. The third kappa shape index (κ3) is 4.60. The van der Waals surface area contributed by atoms with Crippen LogP contribution in [0.4, 0.5) is 5.69 Å². The number of para-hydroxylation sites is 1. The quantitative estimate of drug-likeness (QED) is 0.251. The highest BCUT2D eigenvalue weighted by molar-refractivity contribution is 7.07. The third-order valence-corrected chi connectivity index (χ3v) is 7.66. The molecule has 204 valence electrons. The van der Waals surface area contributed by atoms with Crippen LogP contribution in [0.5, 0.6) is 5.75 Å². The topological polar surface area (TPSA) is 107 Å². The van der Waals surface area contributed by atoms with Crippen molar-refractivity contribution in [3.8, 4) is 5.75 Å². The molecule has 0 saturated carbocycles. The maximum absolute atomic E-state index is 14.2. The summed E-state index contributed by atoms with van der Waals surface area (Å²) in [5.41, 5.74) is 2.51. The van der Waals surface area contributed by atoms with Gasteiger partial charge in [0.25, 0.3) is 11.5 Å².